The van der Waals surface area contributed by atoms with Crippen molar-refractivity contribution in [2.75, 3.05) is 19.4 Å². The van der Waals surface area contributed by atoms with Crippen molar-refractivity contribution >= 4 is 22.8 Å². The fourth-order valence-corrected chi connectivity index (χ4v) is 1.40. The van der Waals surface area contributed by atoms with E-state index in [4.69, 9.17) is 10.2 Å². The molecule has 0 bridgehead atoms. The van der Waals surface area contributed by atoms with E-state index in [0.717, 1.165) is 0 Å². The van der Waals surface area contributed by atoms with Crippen LogP contribution in [0.4, 0.5) is 4.79 Å². The molecule has 0 aliphatic carbocycles. The second kappa shape index (κ2) is 8.02. The van der Waals surface area contributed by atoms with Crippen LogP contribution in [0.15, 0.2) is 0 Å². The predicted octanol–water partition coefficient (Wildman–Crippen LogP) is -1.11. The molecule has 17 heavy (non-hydrogen) atoms. The monoisotopic (exact) mass is 266 g/mol. The number of carbonyl (C=O) groups excluding carboxylic acids is 1. The van der Waals surface area contributed by atoms with E-state index in [-0.39, 0.29) is 5.25 Å². The standard InChI is InChI=1S/C9H18N2O5S/c1-6(17(2)16)3-4-10-9(15)11-7(5-12)8(13)14/h6-7,12H,3-5H2,1-2H3,(H,13,14)(H2,10,11,15). The first-order chi connectivity index (χ1) is 7.88. The summed E-state index contributed by atoms with van der Waals surface area (Å²) in [7, 11) is -0.951. The molecule has 0 heterocycles. The Labute approximate surface area is 102 Å². The molecule has 0 fully saturated rings. The minimum absolute atomic E-state index is 0.0385. The van der Waals surface area contributed by atoms with Crippen LogP contribution < -0.4 is 10.6 Å². The summed E-state index contributed by atoms with van der Waals surface area (Å²) in [6.07, 6.45) is 2.12. The number of carbonyl (C=O) groups is 2. The zero-order chi connectivity index (χ0) is 13.4. The summed E-state index contributed by atoms with van der Waals surface area (Å²) in [4.78, 5) is 21.7. The molecule has 0 aromatic heterocycles. The van der Waals surface area contributed by atoms with Crippen molar-refractivity contribution in [1.29, 1.82) is 0 Å². The van der Waals surface area contributed by atoms with E-state index in [1.807, 2.05) is 0 Å². The Balaban J connectivity index is 3.87. The van der Waals surface area contributed by atoms with E-state index < -0.39 is 35.4 Å². The van der Waals surface area contributed by atoms with Gasteiger partial charge >= 0.3 is 12.0 Å². The van der Waals surface area contributed by atoms with Gasteiger partial charge in [-0.05, 0) is 6.42 Å². The topological polar surface area (TPSA) is 116 Å². The molecule has 3 atom stereocenters. The number of urea groups is 1. The molecule has 4 N–H and O–H groups in total. The van der Waals surface area contributed by atoms with Gasteiger partial charge in [-0.3, -0.25) is 4.21 Å². The van der Waals surface area contributed by atoms with Gasteiger partial charge in [0.25, 0.3) is 0 Å². The van der Waals surface area contributed by atoms with Gasteiger partial charge in [-0.1, -0.05) is 6.92 Å². The van der Waals surface area contributed by atoms with Crippen LogP contribution in [0.1, 0.15) is 13.3 Å². The maximum atomic E-state index is 11.2. The Kier molecular flexibility index (Phi) is 7.47. The van der Waals surface area contributed by atoms with Crippen LogP contribution in [0, 0.1) is 0 Å². The molecular weight excluding hydrogens is 248 g/mol. The molecule has 0 aliphatic heterocycles. The van der Waals surface area contributed by atoms with Crippen LogP contribution in [0.25, 0.3) is 0 Å². The van der Waals surface area contributed by atoms with Crippen molar-refractivity contribution in [1.82, 2.24) is 10.6 Å². The summed E-state index contributed by atoms with van der Waals surface area (Å²) in [6, 6.07) is -1.98. The Morgan fingerprint density at radius 2 is 2.00 bits per heavy atom. The number of aliphatic hydroxyl groups excluding tert-OH is 1. The predicted molar refractivity (Wildman–Crippen MR) is 63.2 cm³/mol. The average molecular weight is 266 g/mol. The highest BCUT2D eigenvalue weighted by Gasteiger charge is 2.18. The molecule has 100 valence electrons. The van der Waals surface area contributed by atoms with E-state index >= 15 is 0 Å². The van der Waals surface area contributed by atoms with Crippen molar-refractivity contribution < 1.29 is 24.0 Å². The number of aliphatic carboxylic acids is 1. The first-order valence-electron chi connectivity index (χ1n) is 5.08. The van der Waals surface area contributed by atoms with Crippen molar-refractivity contribution in [3.8, 4) is 0 Å². The van der Waals surface area contributed by atoms with Gasteiger partial charge in [-0.2, -0.15) is 0 Å². The number of carboxylic acid groups (broad SMARTS) is 1. The van der Waals surface area contributed by atoms with Crippen LogP contribution in [0.5, 0.6) is 0 Å². The largest absolute Gasteiger partial charge is 0.480 e. The van der Waals surface area contributed by atoms with Crippen molar-refractivity contribution in [3.05, 3.63) is 0 Å². The summed E-state index contributed by atoms with van der Waals surface area (Å²) in [5.41, 5.74) is 0. The van der Waals surface area contributed by atoms with Crippen LogP contribution in [0.2, 0.25) is 0 Å². The Hall–Kier alpha value is -1.15. The molecule has 2 amide bonds. The normalized spacial score (nSPS) is 15.7. The minimum atomic E-state index is -1.31. The molecule has 0 radical (unpaired) electrons. The van der Waals surface area contributed by atoms with Gasteiger partial charge in [0, 0.05) is 28.9 Å². The maximum Gasteiger partial charge on any atom is 0.328 e. The third-order valence-corrected chi connectivity index (χ3v) is 3.56. The van der Waals surface area contributed by atoms with E-state index in [9.17, 15) is 13.8 Å². The second-order valence-electron chi connectivity index (χ2n) is 3.57. The summed E-state index contributed by atoms with van der Waals surface area (Å²) in [5, 5.41) is 21.7. The third kappa shape index (κ3) is 6.90. The van der Waals surface area contributed by atoms with Crippen molar-refractivity contribution in [3.63, 3.8) is 0 Å². The van der Waals surface area contributed by atoms with Crippen LogP contribution >= 0.6 is 0 Å². The summed E-state index contributed by atoms with van der Waals surface area (Å²) in [6.45, 7) is 1.42. The molecule has 8 heteroatoms. The Bertz CT molecular complexity index is 297. The van der Waals surface area contributed by atoms with E-state index in [1.165, 1.54) is 0 Å². The van der Waals surface area contributed by atoms with Gasteiger partial charge in [0.1, 0.15) is 0 Å². The van der Waals surface area contributed by atoms with Crippen LogP contribution in [-0.4, -0.2) is 57.1 Å². The summed E-state index contributed by atoms with van der Waals surface area (Å²) < 4.78 is 11.0. The van der Waals surface area contributed by atoms with Gasteiger partial charge in [0.05, 0.1) is 6.61 Å². The second-order valence-corrected chi connectivity index (χ2v) is 5.37. The number of aliphatic hydroxyl groups is 1. The van der Waals surface area contributed by atoms with E-state index in [2.05, 4.69) is 10.6 Å². The minimum Gasteiger partial charge on any atom is -0.480 e. The van der Waals surface area contributed by atoms with Gasteiger partial charge in [-0.15, -0.1) is 0 Å². The fraction of sp³-hybridized carbons (Fsp3) is 0.778. The van der Waals surface area contributed by atoms with E-state index in [0.29, 0.717) is 13.0 Å². The molecular formula is C9H18N2O5S. The average Bonchev–Trinajstić information content (AvgIpc) is 2.25. The number of nitrogens with one attached hydrogen (secondary N) is 2. The quantitative estimate of drug-likeness (QED) is 0.466. The molecule has 0 rings (SSSR count). The lowest BCUT2D eigenvalue weighted by Crippen LogP contribution is -2.48. The third-order valence-electron chi connectivity index (χ3n) is 2.19. The molecule has 0 aromatic carbocycles. The zero-order valence-corrected chi connectivity index (χ0v) is 10.6. The lowest BCUT2D eigenvalue weighted by molar-refractivity contribution is -0.140. The highest BCUT2D eigenvalue weighted by Crippen LogP contribution is 1.97. The molecule has 0 aromatic rings. The number of carboxylic acids is 1. The van der Waals surface area contributed by atoms with E-state index in [1.54, 1.807) is 13.2 Å². The van der Waals surface area contributed by atoms with Crippen molar-refractivity contribution in [2.24, 2.45) is 0 Å². The number of amides is 2. The number of hydrogen-bond acceptors (Lipinski definition) is 4. The van der Waals surface area contributed by atoms with Gasteiger partial charge in [0.15, 0.2) is 6.04 Å². The van der Waals surface area contributed by atoms with Crippen LogP contribution in [-0.2, 0) is 15.6 Å². The lowest BCUT2D eigenvalue weighted by atomic mass is 10.3. The Morgan fingerprint density at radius 1 is 1.41 bits per heavy atom. The maximum absolute atomic E-state index is 11.2. The number of hydrogen-bond donors (Lipinski definition) is 4. The molecule has 0 aliphatic rings. The first-order valence-corrected chi connectivity index (χ1v) is 6.70. The fourth-order valence-electron chi connectivity index (χ4n) is 0.950. The highest BCUT2D eigenvalue weighted by atomic mass is 32.2. The first kappa shape index (κ1) is 15.9. The summed E-state index contributed by atoms with van der Waals surface area (Å²) in [5.74, 6) is -1.30. The molecule has 0 saturated heterocycles. The number of rotatable bonds is 7. The summed E-state index contributed by atoms with van der Waals surface area (Å²) >= 11 is 0. The lowest BCUT2D eigenvalue weighted by Gasteiger charge is -2.13. The van der Waals surface area contributed by atoms with Crippen molar-refractivity contribution in [2.45, 2.75) is 24.6 Å². The Morgan fingerprint density at radius 3 is 2.41 bits per heavy atom. The molecule has 3 unspecified atom stereocenters. The zero-order valence-electron chi connectivity index (χ0n) is 9.80. The smallest absolute Gasteiger partial charge is 0.328 e. The highest BCUT2D eigenvalue weighted by molar-refractivity contribution is 7.84. The molecule has 0 saturated carbocycles. The SMILES string of the molecule is CC(CCNC(=O)NC(CO)C(=O)O)S(C)=O. The molecule has 7 nitrogen and oxygen atoms in total. The van der Waals surface area contributed by atoms with Crippen LogP contribution in [0.3, 0.4) is 0 Å². The van der Waals surface area contributed by atoms with Gasteiger partial charge < -0.3 is 20.8 Å². The van der Waals surface area contributed by atoms with Gasteiger partial charge in [0.2, 0.25) is 0 Å². The van der Waals surface area contributed by atoms with Gasteiger partial charge in [-0.25, -0.2) is 9.59 Å². The molecule has 0 spiro atoms.